The van der Waals surface area contributed by atoms with Crippen molar-refractivity contribution in [3.63, 3.8) is 0 Å². The number of ether oxygens (including phenoxy) is 1. The molecule has 0 aliphatic carbocycles. The Morgan fingerprint density at radius 3 is 2.86 bits per heavy atom. The molecule has 0 saturated carbocycles. The van der Waals surface area contributed by atoms with E-state index in [4.69, 9.17) is 4.74 Å². The smallest absolute Gasteiger partial charge is 0.170 e. The van der Waals surface area contributed by atoms with Gasteiger partial charge in [0.2, 0.25) is 0 Å². The monoisotopic (exact) mass is 302 g/mol. The van der Waals surface area contributed by atoms with E-state index in [2.05, 4.69) is 22.6 Å². The molecule has 0 atom stereocenters. The summed E-state index contributed by atoms with van der Waals surface area (Å²) in [6.45, 7) is 3.87. The van der Waals surface area contributed by atoms with E-state index in [1.807, 2.05) is 32.0 Å². The van der Waals surface area contributed by atoms with Crippen LogP contribution in [0, 0.1) is 3.57 Å². The molecule has 3 heteroatoms. The Labute approximate surface area is 96.8 Å². The summed E-state index contributed by atoms with van der Waals surface area (Å²) in [5.74, 6) is 0.890. The van der Waals surface area contributed by atoms with E-state index in [9.17, 15) is 4.79 Å². The largest absolute Gasteiger partial charge is 0.487 e. The molecule has 1 aromatic carbocycles. The first-order chi connectivity index (χ1) is 6.48. The van der Waals surface area contributed by atoms with Crippen LogP contribution in [0.1, 0.15) is 30.6 Å². The van der Waals surface area contributed by atoms with Gasteiger partial charge in [0.05, 0.1) is 12.0 Å². The fourth-order valence-electron chi connectivity index (χ4n) is 1.62. The van der Waals surface area contributed by atoms with Gasteiger partial charge in [0.15, 0.2) is 5.78 Å². The molecule has 0 spiro atoms. The molecule has 0 fully saturated rings. The van der Waals surface area contributed by atoms with Crippen LogP contribution in [0.25, 0.3) is 0 Å². The number of hydrogen-bond donors (Lipinski definition) is 0. The van der Waals surface area contributed by atoms with Crippen molar-refractivity contribution >= 4 is 28.4 Å². The predicted octanol–water partition coefficient (Wildman–Crippen LogP) is 3.04. The zero-order chi connectivity index (χ0) is 10.3. The lowest BCUT2D eigenvalue weighted by Crippen LogP contribution is -2.35. The summed E-state index contributed by atoms with van der Waals surface area (Å²) in [7, 11) is 0. The lowest BCUT2D eigenvalue weighted by atomic mass is 9.93. The van der Waals surface area contributed by atoms with Crippen LogP contribution < -0.4 is 4.74 Å². The maximum Gasteiger partial charge on any atom is 0.170 e. The van der Waals surface area contributed by atoms with Gasteiger partial charge in [-0.2, -0.15) is 0 Å². The second-order valence-corrected chi connectivity index (χ2v) is 5.35. The number of Topliss-reactive ketones (excluding diaryl/α,β-unsaturated/α-hetero) is 1. The molecule has 1 heterocycles. The molecule has 2 rings (SSSR count). The summed E-state index contributed by atoms with van der Waals surface area (Å²) in [6, 6.07) is 5.71. The standard InChI is InChI=1S/C11H11IO2/c1-11(2)6-9(13)8-5-7(12)3-4-10(8)14-11/h3-5H,6H2,1-2H3. The van der Waals surface area contributed by atoms with Gasteiger partial charge in [-0.15, -0.1) is 0 Å². The number of rotatable bonds is 0. The maximum atomic E-state index is 11.8. The van der Waals surface area contributed by atoms with Gasteiger partial charge in [-0.05, 0) is 54.6 Å². The zero-order valence-corrected chi connectivity index (χ0v) is 10.3. The summed E-state index contributed by atoms with van der Waals surface area (Å²) in [4.78, 5) is 11.8. The van der Waals surface area contributed by atoms with Crippen molar-refractivity contribution < 1.29 is 9.53 Å². The molecule has 0 bridgehead atoms. The third-order valence-corrected chi connectivity index (χ3v) is 2.89. The van der Waals surface area contributed by atoms with Crippen LogP contribution in [0.15, 0.2) is 18.2 Å². The number of hydrogen-bond acceptors (Lipinski definition) is 2. The first-order valence-corrected chi connectivity index (χ1v) is 5.58. The lowest BCUT2D eigenvalue weighted by Gasteiger charge is -2.31. The normalized spacial score (nSPS) is 18.6. The average Bonchev–Trinajstić information content (AvgIpc) is 2.05. The Morgan fingerprint density at radius 2 is 2.14 bits per heavy atom. The molecule has 14 heavy (non-hydrogen) atoms. The molecule has 1 aliphatic heterocycles. The minimum absolute atomic E-state index is 0.176. The van der Waals surface area contributed by atoms with E-state index in [1.165, 1.54) is 0 Å². The van der Waals surface area contributed by atoms with Crippen molar-refractivity contribution in [2.75, 3.05) is 0 Å². The molecule has 0 radical (unpaired) electrons. The van der Waals surface area contributed by atoms with E-state index < -0.39 is 0 Å². The van der Waals surface area contributed by atoms with Gasteiger partial charge in [0.25, 0.3) is 0 Å². The number of ketones is 1. The maximum absolute atomic E-state index is 11.8. The Hall–Kier alpha value is -0.580. The molecular weight excluding hydrogens is 291 g/mol. The van der Waals surface area contributed by atoms with Crippen molar-refractivity contribution in [3.05, 3.63) is 27.3 Å². The summed E-state index contributed by atoms with van der Waals surface area (Å²) >= 11 is 2.20. The summed E-state index contributed by atoms with van der Waals surface area (Å²) in [6.07, 6.45) is 0.458. The zero-order valence-electron chi connectivity index (χ0n) is 8.13. The van der Waals surface area contributed by atoms with Gasteiger partial charge >= 0.3 is 0 Å². The minimum atomic E-state index is -0.364. The van der Waals surface area contributed by atoms with Gasteiger partial charge in [0, 0.05) is 3.57 Å². The predicted molar refractivity (Wildman–Crippen MR) is 62.8 cm³/mol. The minimum Gasteiger partial charge on any atom is -0.487 e. The Balaban J connectivity index is 2.50. The summed E-state index contributed by atoms with van der Waals surface area (Å²) in [5, 5.41) is 0. The molecule has 0 saturated heterocycles. The first-order valence-electron chi connectivity index (χ1n) is 4.50. The van der Waals surface area contributed by atoms with E-state index in [-0.39, 0.29) is 11.4 Å². The fraction of sp³-hybridized carbons (Fsp3) is 0.364. The highest BCUT2D eigenvalue weighted by Gasteiger charge is 2.32. The quantitative estimate of drug-likeness (QED) is 0.689. The first kappa shape index (κ1) is 9.96. The summed E-state index contributed by atoms with van der Waals surface area (Å²) in [5.41, 5.74) is 0.355. The number of benzene rings is 1. The van der Waals surface area contributed by atoms with Gasteiger partial charge in [-0.1, -0.05) is 0 Å². The van der Waals surface area contributed by atoms with Crippen LogP contribution in [0.3, 0.4) is 0 Å². The second-order valence-electron chi connectivity index (χ2n) is 4.10. The Kier molecular flexibility index (Phi) is 2.29. The lowest BCUT2D eigenvalue weighted by molar-refractivity contribution is 0.0620. The molecular formula is C11H11IO2. The van der Waals surface area contributed by atoms with E-state index in [1.54, 1.807) is 0 Å². The Bertz CT molecular complexity index is 396. The molecule has 0 aromatic heterocycles. The van der Waals surface area contributed by atoms with Crippen LogP contribution in [0.2, 0.25) is 0 Å². The van der Waals surface area contributed by atoms with Crippen LogP contribution in [-0.2, 0) is 0 Å². The van der Waals surface area contributed by atoms with Gasteiger partial charge in [0.1, 0.15) is 11.4 Å². The van der Waals surface area contributed by atoms with Crippen LogP contribution in [0.5, 0.6) is 5.75 Å². The number of carbonyl (C=O) groups is 1. The SMILES string of the molecule is CC1(C)CC(=O)c2cc(I)ccc2O1. The van der Waals surface area contributed by atoms with E-state index in [0.717, 1.165) is 9.13 Å². The van der Waals surface area contributed by atoms with Crippen molar-refractivity contribution in [3.8, 4) is 5.75 Å². The molecule has 74 valence electrons. The average molecular weight is 302 g/mol. The molecule has 0 amide bonds. The van der Waals surface area contributed by atoms with Gasteiger partial charge in [-0.25, -0.2) is 0 Å². The van der Waals surface area contributed by atoms with Gasteiger partial charge in [-0.3, -0.25) is 4.79 Å². The third kappa shape index (κ3) is 1.78. The van der Waals surface area contributed by atoms with Crippen LogP contribution >= 0.6 is 22.6 Å². The highest BCUT2D eigenvalue weighted by atomic mass is 127. The van der Waals surface area contributed by atoms with Gasteiger partial charge < -0.3 is 4.74 Å². The summed E-state index contributed by atoms with van der Waals surface area (Å²) < 4.78 is 6.79. The Morgan fingerprint density at radius 1 is 1.43 bits per heavy atom. The van der Waals surface area contributed by atoms with Crippen LogP contribution in [-0.4, -0.2) is 11.4 Å². The van der Waals surface area contributed by atoms with Crippen LogP contribution in [0.4, 0.5) is 0 Å². The second kappa shape index (κ2) is 3.22. The fourth-order valence-corrected chi connectivity index (χ4v) is 2.12. The highest BCUT2D eigenvalue weighted by molar-refractivity contribution is 14.1. The topological polar surface area (TPSA) is 26.3 Å². The van der Waals surface area contributed by atoms with Crippen molar-refractivity contribution in [2.24, 2.45) is 0 Å². The number of fused-ring (bicyclic) bond motifs is 1. The van der Waals surface area contributed by atoms with E-state index in [0.29, 0.717) is 12.2 Å². The molecule has 0 N–H and O–H groups in total. The number of carbonyl (C=O) groups excluding carboxylic acids is 1. The molecule has 0 unspecified atom stereocenters. The van der Waals surface area contributed by atoms with Crippen molar-refractivity contribution in [1.82, 2.24) is 0 Å². The van der Waals surface area contributed by atoms with E-state index >= 15 is 0 Å². The number of halogens is 1. The third-order valence-electron chi connectivity index (χ3n) is 2.21. The molecule has 1 aromatic rings. The molecule has 1 aliphatic rings. The highest BCUT2D eigenvalue weighted by Crippen LogP contribution is 2.33. The molecule has 2 nitrogen and oxygen atoms in total. The van der Waals surface area contributed by atoms with Crippen molar-refractivity contribution in [1.29, 1.82) is 0 Å². The van der Waals surface area contributed by atoms with Crippen molar-refractivity contribution in [2.45, 2.75) is 25.9 Å².